The van der Waals surface area contributed by atoms with Gasteiger partial charge in [0, 0.05) is 12.1 Å². The fraction of sp³-hybridized carbons (Fsp3) is 0.278. The molecule has 0 bridgehead atoms. The zero-order valence-corrected chi connectivity index (χ0v) is 12.0. The molecular weight excluding hydrogens is 278 g/mol. The van der Waals surface area contributed by atoms with Gasteiger partial charge in [0.2, 0.25) is 6.79 Å². The van der Waals surface area contributed by atoms with Crippen LogP contribution in [0.2, 0.25) is 0 Å². The quantitative estimate of drug-likeness (QED) is 0.749. The largest absolute Gasteiger partial charge is 0.454 e. The first-order chi connectivity index (χ1) is 10.8. The molecule has 1 amide bonds. The minimum absolute atomic E-state index is 0.144. The standard InChI is InChI=1S/C18H15NO3/c20-18-14-4-2-1-3-13(14)15-7-12-9-17-16(21-10-22-17)8-11(12)5-6-19(15)18/h1-4,8-9,15H,5-7,10H2/t15-/m1/s1. The van der Waals surface area contributed by atoms with Gasteiger partial charge in [-0.2, -0.15) is 0 Å². The van der Waals surface area contributed by atoms with Crippen LogP contribution in [0.5, 0.6) is 11.5 Å². The van der Waals surface area contributed by atoms with Crippen molar-refractivity contribution in [3.8, 4) is 11.5 Å². The fourth-order valence-electron chi connectivity index (χ4n) is 3.82. The Hall–Kier alpha value is -2.49. The Labute approximate surface area is 128 Å². The molecule has 4 heteroatoms. The van der Waals surface area contributed by atoms with E-state index in [0.717, 1.165) is 42.0 Å². The van der Waals surface area contributed by atoms with Crippen molar-refractivity contribution in [1.82, 2.24) is 4.90 Å². The van der Waals surface area contributed by atoms with E-state index in [4.69, 9.17) is 9.47 Å². The summed E-state index contributed by atoms with van der Waals surface area (Å²) in [6.45, 7) is 1.06. The van der Waals surface area contributed by atoms with Crippen LogP contribution < -0.4 is 9.47 Å². The minimum atomic E-state index is 0.144. The van der Waals surface area contributed by atoms with Crippen LogP contribution in [-0.2, 0) is 12.8 Å². The molecule has 0 saturated carbocycles. The van der Waals surface area contributed by atoms with E-state index in [1.807, 2.05) is 23.1 Å². The molecule has 0 unspecified atom stereocenters. The SMILES string of the molecule is O=C1c2ccccc2[C@H]2Cc3cc4c(cc3CCN12)OCO4. The molecule has 0 radical (unpaired) electrons. The summed E-state index contributed by atoms with van der Waals surface area (Å²) in [5, 5.41) is 0. The van der Waals surface area contributed by atoms with Crippen molar-refractivity contribution < 1.29 is 14.3 Å². The molecular formula is C18H15NO3. The number of amides is 1. The molecule has 2 aromatic carbocycles. The van der Waals surface area contributed by atoms with Crippen LogP contribution in [0.25, 0.3) is 0 Å². The van der Waals surface area contributed by atoms with E-state index in [1.54, 1.807) is 0 Å². The first-order valence-electron chi connectivity index (χ1n) is 7.62. The molecule has 3 aliphatic heterocycles. The zero-order chi connectivity index (χ0) is 14.7. The molecule has 110 valence electrons. The van der Waals surface area contributed by atoms with Gasteiger partial charge in [-0.1, -0.05) is 18.2 Å². The van der Waals surface area contributed by atoms with Gasteiger partial charge in [-0.25, -0.2) is 0 Å². The van der Waals surface area contributed by atoms with Crippen molar-refractivity contribution in [2.45, 2.75) is 18.9 Å². The summed E-state index contributed by atoms with van der Waals surface area (Å²) in [7, 11) is 0. The van der Waals surface area contributed by atoms with E-state index in [-0.39, 0.29) is 11.9 Å². The lowest BCUT2D eigenvalue weighted by atomic mass is 9.95. The second-order valence-electron chi connectivity index (χ2n) is 6.03. The molecule has 0 aromatic heterocycles. The topological polar surface area (TPSA) is 38.8 Å². The third kappa shape index (κ3) is 1.55. The second kappa shape index (κ2) is 4.26. The number of hydrogen-bond donors (Lipinski definition) is 0. The summed E-state index contributed by atoms with van der Waals surface area (Å²) in [6, 6.07) is 12.3. The van der Waals surface area contributed by atoms with Crippen LogP contribution in [0, 0.1) is 0 Å². The molecule has 4 nitrogen and oxygen atoms in total. The lowest BCUT2D eigenvalue weighted by Crippen LogP contribution is -2.29. The van der Waals surface area contributed by atoms with Gasteiger partial charge in [0.25, 0.3) is 5.91 Å². The third-order valence-electron chi connectivity index (χ3n) is 4.92. The van der Waals surface area contributed by atoms with Crippen molar-refractivity contribution in [2.75, 3.05) is 13.3 Å². The maximum Gasteiger partial charge on any atom is 0.254 e. The zero-order valence-electron chi connectivity index (χ0n) is 12.0. The van der Waals surface area contributed by atoms with Gasteiger partial charge in [0.05, 0.1) is 6.04 Å². The average molecular weight is 293 g/mol. The van der Waals surface area contributed by atoms with Crippen molar-refractivity contribution in [2.24, 2.45) is 0 Å². The first kappa shape index (κ1) is 12.1. The fourth-order valence-corrected chi connectivity index (χ4v) is 3.82. The third-order valence-corrected chi connectivity index (χ3v) is 4.92. The Morgan fingerprint density at radius 1 is 1.05 bits per heavy atom. The number of hydrogen-bond acceptors (Lipinski definition) is 3. The number of rotatable bonds is 0. The van der Waals surface area contributed by atoms with Crippen LogP contribution in [-0.4, -0.2) is 24.1 Å². The van der Waals surface area contributed by atoms with E-state index >= 15 is 0 Å². The number of ether oxygens (including phenoxy) is 2. The highest BCUT2D eigenvalue weighted by molar-refractivity contribution is 5.99. The number of nitrogens with zero attached hydrogens (tertiary/aromatic N) is 1. The maximum absolute atomic E-state index is 12.6. The van der Waals surface area contributed by atoms with Gasteiger partial charge < -0.3 is 14.4 Å². The predicted octanol–water partition coefficient (Wildman–Crippen LogP) is 2.71. The van der Waals surface area contributed by atoms with Crippen LogP contribution in [0.1, 0.15) is 33.1 Å². The molecule has 0 saturated heterocycles. The van der Waals surface area contributed by atoms with E-state index in [2.05, 4.69) is 18.2 Å². The smallest absolute Gasteiger partial charge is 0.254 e. The van der Waals surface area contributed by atoms with Gasteiger partial charge in [-0.15, -0.1) is 0 Å². The summed E-state index contributed by atoms with van der Waals surface area (Å²) < 4.78 is 11.0. The Balaban J connectivity index is 1.61. The Morgan fingerprint density at radius 2 is 1.82 bits per heavy atom. The molecule has 22 heavy (non-hydrogen) atoms. The highest BCUT2D eigenvalue weighted by atomic mass is 16.7. The highest BCUT2D eigenvalue weighted by Crippen LogP contribution is 2.42. The minimum Gasteiger partial charge on any atom is -0.454 e. The molecule has 0 spiro atoms. The second-order valence-corrected chi connectivity index (χ2v) is 6.03. The van der Waals surface area contributed by atoms with Crippen molar-refractivity contribution in [1.29, 1.82) is 0 Å². The van der Waals surface area contributed by atoms with Crippen LogP contribution in [0.3, 0.4) is 0 Å². The van der Waals surface area contributed by atoms with Crippen molar-refractivity contribution >= 4 is 5.91 Å². The summed E-state index contributed by atoms with van der Waals surface area (Å²) >= 11 is 0. The Morgan fingerprint density at radius 3 is 2.68 bits per heavy atom. The monoisotopic (exact) mass is 293 g/mol. The Bertz CT molecular complexity index is 799. The van der Waals surface area contributed by atoms with E-state index in [1.165, 1.54) is 11.1 Å². The van der Waals surface area contributed by atoms with Crippen molar-refractivity contribution in [3.63, 3.8) is 0 Å². The lowest BCUT2D eigenvalue weighted by Gasteiger charge is -2.22. The van der Waals surface area contributed by atoms with Crippen molar-refractivity contribution in [3.05, 3.63) is 58.7 Å². The first-order valence-corrected chi connectivity index (χ1v) is 7.62. The van der Waals surface area contributed by atoms with Gasteiger partial charge >= 0.3 is 0 Å². The maximum atomic E-state index is 12.6. The number of benzene rings is 2. The van der Waals surface area contributed by atoms with Gasteiger partial charge in [0.15, 0.2) is 11.5 Å². The molecule has 1 atom stereocenters. The number of carbonyl (C=O) groups excluding carboxylic acids is 1. The number of fused-ring (bicyclic) bond motifs is 5. The summed E-state index contributed by atoms with van der Waals surface area (Å²) in [4.78, 5) is 14.6. The van der Waals surface area contributed by atoms with Gasteiger partial charge in [-0.05, 0) is 47.7 Å². The predicted molar refractivity (Wildman–Crippen MR) is 80.2 cm³/mol. The lowest BCUT2D eigenvalue weighted by molar-refractivity contribution is 0.0733. The average Bonchev–Trinajstić information content (AvgIpc) is 3.03. The van der Waals surface area contributed by atoms with E-state index in [0.29, 0.717) is 6.79 Å². The van der Waals surface area contributed by atoms with Crippen LogP contribution in [0.15, 0.2) is 36.4 Å². The molecule has 0 fully saturated rings. The van der Waals surface area contributed by atoms with Gasteiger partial charge in [-0.3, -0.25) is 4.79 Å². The van der Waals surface area contributed by atoms with Gasteiger partial charge in [0.1, 0.15) is 0 Å². The van der Waals surface area contributed by atoms with E-state index < -0.39 is 0 Å². The summed E-state index contributed by atoms with van der Waals surface area (Å²) in [5.41, 5.74) is 4.54. The molecule has 2 aromatic rings. The highest BCUT2D eigenvalue weighted by Gasteiger charge is 2.38. The van der Waals surface area contributed by atoms with Crippen LogP contribution in [0.4, 0.5) is 0 Å². The summed E-state index contributed by atoms with van der Waals surface area (Å²) in [6.07, 6.45) is 1.71. The molecule has 3 aliphatic rings. The molecule has 0 N–H and O–H groups in total. The van der Waals surface area contributed by atoms with E-state index in [9.17, 15) is 4.79 Å². The van der Waals surface area contributed by atoms with Crippen LogP contribution >= 0.6 is 0 Å². The Kier molecular flexibility index (Phi) is 2.34. The molecule has 3 heterocycles. The summed E-state index contributed by atoms with van der Waals surface area (Å²) in [5.74, 6) is 1.81. The normalized spacial score (nSPS) is 21.2. The molecule has 5 rings (SSSR count). The number of carbonyl (C=O) groups is 1. The molecule has 0 aliphatic carbocycles.